The van der Waals surface area contributed by atoms with Gasteiger partial charge in [-0.25, -0.2) is 4.79 Å². The summed E-state index contributed by atoms with van der Waals surface area (Å²) in [6.07, 6.45) is 0.704. The topological polar surface area (TPSA) is 79.9 Å². The summed E-state index contributed by atoms with van der Waals surface area (Å²) >= 11 is 0. The first-order chi connectivity index (χ1) is 14.6. The zero-order chi connectivity index (χ0) is 21.3. The molecule has 1 aliphatic heterocycles. The van der Waals surface area contributed by atoms with Crippen LogP contribution >= 0.6 is 0 Å². The number of anilines is 1. The van der Waals surface area contributed by atoms with Crippen molar-refractivity contribution in [1.82, 2.24) is 10.2 Å². The second kappa shape index (κ2) is 10.6. The molecule has 0 bridgehead atoms. The highest BCUT2D eigenvalue weighted by molar-refractivity contribution is 5.90. The van der Waals surface area contributed by atoms with E-state index in [2.05, 4.69) is 22.8 Å². The van der Waals surface area contributed by atoms with Crippen LogP contribution in [0, 0.1) is 5.92 Å². The molecule has 0 aromatic heterocycles. The number of carbonyl (C=O) groups excluding carboxylic acids is 2. The molecule has 2 aromatic rings. The molecule has 0 saturated carbocycles. The van der Waals surface area contributed by atoms with E-state index in [1.165, 1.54) is 0 Å². The molecule has 1 saturated heterocycles. The van der Waals surface area contributed by atoms with Crippen molar-refractivity contribution in [2.24, 2.45) is 5.92 Å². The number of amides is 3. The minimum atomic E-state index is -0.276. The first-order valence-corrected chi connectivity index (χ1v) is 10.1. The predicted molar refractivity (Wildman–Crippen MR) is 116 cm³/mol. The predicted octanol–water partition coefficient (Wildman–Crippen LogP) is 3.10. The van der Waals surface area contributed by atoms with Crippen LogP contribution in [0.5, 0.6) is 5.75 Å². The van der Waals surface area contributed by atoms with Gasteiger partial charge in [-0.3, -0.25) is 4.79 Å². The van der Waals surface area contributed by atoms with Gasteiger partial charge in [-0.1, -0.05) is 30.3 Å². The van der Waals surface area contributed by atoms with E-state index in [9.17, 15) is 9.59 Å². The van der Waals surface area contributed by atoms with Crippen molar-refractivity contribution in [3.05, 3.63) is 60.2 Å². The molecule has 2 unspecified atom stereocenters. The zero-order valence-electron chi connectivity index (χ0n) is 17.5. The molecular formula is C23H29N3O4. The van der Waals surface area contributed by atoms with Crippen LogP contribution in [-0.2, 0) is 9.53 Å². The van der Waals surface area contributed by atoms with E-state index in [1.807, 2.05) is 18.2 Å². The number of urea groups is 1. The molecule has 30 heavy (non-hydrogen) atoms. The van der Waals surface area contributed by atoms with Crippen LogP contribution in [0.2, 0.25) is 0 Å². The zero-order valence-corrected chi connectivity index (χ0v) is 17.5. The maximum Gasteiger partial charge on any atom is 0.321 e. The van der Waals surface area contributed by atoms with Crippen LogP contribution in [0.15, 0.2) is 54.6 Å². The number of benzene rings is 2. The van der Waals surface area contributed by atoms with Crippen LogP contribution in [0.4, 0.5) is 10.5 Å². The highest BCUT2D eigenvalue weighted by atomic mass is 16.5. The van der Waals surface area contributed by atoms with Crippen molar-refractivity contribution in [2.75, 3.05) is 45.8 Å². The van der Waals surface area contributed by atoms with Crippen LogP contribution in [0.1, 0.15) is 17.9 Å². The number of methoxy groups -OCH3 is 2. The smallest absolute Gasteiger partial charge is 0.321 e. The maximum absolute atomic E-state index is 13.0. The van der Waals surface area contributed by atoms with Crippen molar-refractivity contribution in [3.8, 4) is 5.75 Å². The van der Waals surface area contributed by atoms with E-state index in [4.69, 9.17) is 9.47 Å². The number of nitrogens with one attached hydrogen (secondary N) is 2. The summed E-state index contributed by atoms with van der Waals surface area (Å²) in [6.45, 7) is 1.86. The van der Waals surface area contributed by atoms with Crippen molar-refractivity contribution < 1.29 is 19.1 Å². The molecular weight excluding hydrogens is 382 g/mol. The standard InChI is InChI=1S/C23H29N3O4/c1-29-13-12-24-22(27)19-14-18(17-6-4-3-5-7-17)15-26(16-19)23(28)25-20-8-10-21(30-2)11-9-20/h3-11,18-19H,12-16H2,1-2H3,(H,24,27)(H,25,28). The molecule has 1 aliphatic rings. The number of hydrogen-bond donors (Lipinski definition) is 2. The van der Waals surface area contributed by atoms with Gasteiger partial charge in [0, 0.05) is 38.3 Å². The number of hydrogen-bond acceptors (Lipinski definition) is 4. The Hall–Kier alpha value is -3.06. The first-order valence-electron chi connectivity index (χ1n) is 10.1. The number of ether oxygens (including phenoxy) is 2. The van der Waals surface area contributed by atoms with Crippen molar-refractivity contribution in [3.63, 3.8) is 0 Å². The fraction of sp³-hybridized carbons (Fsp3) is 0.391. The fourth-order valence-corrected chi connectivity index (χ4v) is 3.72. The Bertz CT molecular complexity index is 826. The minimum absolute atomic E-state index is 0.0464. The quantitative estimate of drug-likeness (QED) is 0.686. The summed E-state index contributed by atoms with van der Waals surface area (Å²) in [5.41, 5.74) is 1.82. The fourth-order valence-electron chi connectivity index (χ4n) is 3.72. The summed E-state index contributed by atoms with van der Waals surface area (Å²) in [5.74, 6) is 0.500. The normalized spacial score (nSPS) is 18.5. The third-order valence-electron chi connectivity index (χ3n) is 5.33. The molecule has 160 valence electrons. The van der Waals surface area contributed by atoms with Crippen LogP contribution in [0.3, 0.4) is 0 Å². The molecule has 0 radical (unpaired) electrons. The van der Waals surface area contributed by atoms with E-state index >= 15 is 0 Å². The molecule has 0 spiro atoms. The van der Waals surface area contributed by atoms with Gasteiger partial charge in [-0.2, -0.15) is 0 Å². The van der Waals surface area contributed by atoms with Gasteiger partial charge in [0.15, 0.2) is 0 Å². The molecule has 3 rings (SSSR count). The summed E-state index contributed by atoms with van der Waals surface area (Å²) in [7, 11) is 3.20. The second-order valence-electron chi connectivity index (χ2n) is 7.39. The van der Waals surface area contributed by atoms with E-state index in [0.29, 0.717) is 38.3 Å². The summed E-state index contributed by atoms with van der Waals surface area (Å²) in [5, 5.41) is 5.84. The van der Waals surface area contributed by atoms with Gasteiger partial charge in [0.25, 0.3) is 0 Å². The average molecular weight is 412 g/mol. The number of likely N-dealkylation sites (tertiary alicyclic amines) is 1. The van der Waals surface area contributed by atoms with Gasteiger partial charge < -0.3 is 25.0 Å². The van der Waals surface area contributed by atoms with E-state index < -0.39 is 0 Å². The van der Waals surface area contributed by atoms with Crippen molar-refractivity contribution in [2.45, 2.75) is 12.3 Å². The lowest BCUT2D eigenvalue weighted by Crippen LogP contribution is -2.49. The number of piperidine rings is 1. The van der Waals surface area contributed by atoms with Crippen LogP contribution < -0.4 is 15.4 Å². The molecule has 0 aliphatic carbocycles. The molecule has 1 fully saturated rings. The number of rotatable bonds is 7. The Morgan fingerprint density at radius 3 is 2.43 bits per heavy atom. The maximum atomic E-state index is 13.0. The Morgan fingerprint density at radius 2 is 1.77 bits per heavy atom. The average Bonchev–Trinajstić information content (AvgIpc) is 2.80. The number of nitrogens with zero attached hydrogens (tertiary/aromatic N) is 1. The monoisotopic (exact) mass is 411 g/mol. The Labute approximate surface area is 177 Å². The molecule has 7 heteroatoms. The largest absolute Gasteiger partial charge is 0.497 e. The van der Waals surface area contributed by atoms with Gasteiger partial charge >= 0.3 is 6.03 Å². The second-order valence-corrected chi connectivity index (χ2v) is 7.39. The lowest BCUT2D eigenvalue weighted by molar-refractivity contribution is -0.126. The van der Waals surface area contributed by atoms with Gasteiger partial charge in [-0.15, -0.1) is 0 Å². The van der Waals surface area contributed by atoms with Crippen molar-refractivity contribution in [1.29, 1.82) is 0 Å². The summed E-state index contributed by atoms with van der Waals surface area (Å²) in [6, 6.07) is 17.0. The van der Waals surface area contributed by atoms with Gasteiger partial charge in [0.1, 0.15) is 5.75 Å². The van der Waals surface area contributed by atoms with E-state index in [0.717, 1.165) is 11.3 Å². The molecule has 1 heterocycles. The van der Waals surface area contributed by atoms with E-state index in [-0.39, 0.29) is 23.8 Å². The van der Waals surface area contributed by atoms with E-state index in [1.54, 1.807) is 43.4 Å². The summed E-state index contributed by atoms with van der Waals surface area (Å²) < 4.78 is 10.2. The third kappa shape index (κ3) is 5.73. The molecule has 7 nitrogen and oxygen atoms in total. The summed E-state index contributed by atoms with van der Waals surface area (Å²) in [4.78, 5) is 27.4. The van der Waals surface area contributed by atoms with Crippen LogP contribution in [-0.4, -0.2) is 57.3 Å². The SMILES string of the molecule is COCCNC(=O)C1CC(c2ccccc2)CN(C(=O)Nc2ccc(OC)cc2)C1. The highest BCUT2D eigenvalue weighted by Crippen LogP contribution is 2.31. The van der Waals surface area contributed by atoms with Gasteiger partial charge in [-0.05, 0) is 36.2 Å². The molecule has 2 atom stereocenters. The van der Waals surface area contributed by atoms with Crippen LogP contribution in [0.25, 0.3) is 0 Å². The Kier molecular flexibility index (Phi) is 7.68. The van der Waals surface area contributed by atoms with Gasteiger partial charge in [0.05, 0.1) is 19.6 Å². The lowest BCUT2D eigenvalue weighted by Gasteiger charge is -2.37. The lowest BCUT2D eigenvalue weighted by atomic mass is 9.84. The Balaban J connectivity index is 1.72. The Morgan fingerprint density at radius 1 is 1.03 bits per heavy atom. The molecule has 3 amide bonds. The highest BCUT2D eigenvalue weighted by Gasteiger charge is 2.34. The van der Waals surface area contributed by atoms with Crippen molar-refractivity contribution >= 4 is 17.6 Å². The molecule has 2 N–H and O–H groups in total. The first kappa shape index (κ1) is 21.6. The number of carbonyl (C=O) groups is 2. The third-order valence-corrected chi connectivity index (χ3v) is 5.33. The molecule has 2 aromatic carbocycles. The van der Waals surface area contributed by atoms with Gasteiger partial charge in [0.2, 0.25) is 5.91 Å². The minimum Gasteiger partial charge on any atom is -0.497 e.